The zero-order valence-electron chi connectivity index (χ0n) is 17.4. The first-order valence-electron chi connectivity index (χ1n) is 10.8. The normalized spacial score (nSPS) is 17.2. The minimum atomic E-state index is 0.620. The van der Waals surface area contributed by atoms with E-state index in [9.17, 15) is 0 Å². The van der Waals surface area contributed by atoms with Crippen molar-refractivity contribution >= 4 is 11.6 Å². The third-order valence-electron chi connectivity index (χ3n) is 6.09. The number of rotatable bonds is 7. The number of hydrogen-bond acceptors (Lipinski definition) is 5. The number of ether oxygens (including phenoxy) is 1. The average Bonchev–Trinajstić information content (AvgIpc) is 2.75. The van der Waals surface area contributed by atoms with Crippen molar-refractivity contribution < 1.29 is 4.74 Å². The maximum absolute atomic E-state index is 6.25. The lowest BCUT2D eigenvalue weighted by Crippen LogP contribution is -2.41. The van der Waals surface area contributed by atoms with Gasteiger partial charge in [0, 0.05) is 24.7 Å². The fourth-order valence-corrected chi connectivity index (χ4v) is 4.38. The highest BCUT2D eigenvalue weighted by atomic mass is 16.5. The van der Waals surface area contributed by atoms with Gasteiger partial charge in [-0.25, -0.2) is 4.99 Å². The molecule has 154 valence electrons. The number of nitrogens with two attached hydrogens (primary N) is 1. The number of nitrogens with zero attached hydrogens (tertiary/aromatic N) is 3. The molecular formula is C24H32N4O. The summed E-state index contributed by atoms with van der Waals surface area (Å²) in [5, 5.41) is 0. The van der Waals surface area contributed by atoms with Crippen LogP contribution >= 0.6 is 0 Å². The molecule has 1 aliphatic heterocycles. The quantitative estimate of drug-likeness (QED) is 0.728. The lowest BCUT2D eigenvalue weighted by Gasteiger charge is -2.33. The van der Waals surface area contributed by atoms with Gasteiger partial charge in [0.2, 0.25) is 0 Å². The predicted octanol–water partition coefficient (Wildman–Crippen LogP) is 4.90. The monoisotopic (exact) mass is 392 g/mol. The minimum Gasteiger partial charge on any atom is -0.457 e. The average molecular weight is 393 g/mol. The minimum absolute atomic E-state index is 0.620. The highest BCUT2D eigenvalue weighted by Crippen LogP contribution is 2.31. The van der Waals surface area contributed by atoms with Crippen LogP contribution in [0, 0.1) is 0 Å². The lowest BCUT2D eigenvalue weighted by atomic mass is 9.94. The van der Waals surface area contributed by atoms with Crippen LogP contribution in [0.5, 0.6) is 11.5 Å². The Kier molecular flexibility index (Phi) is 6.35. The van der Waals surface area contributed by atoms with Gasteiger partial charge < -0.3 is 20.3 Å². The molecule has 1 aliphatic carbocycles. The van der Waals surface area contributed by atoms with Crippen molar-refractivity contribution in [3.8, 4) is 11.5 Å². The molecule has 1 saturated carbocycles. The summed E-state index contributed by atoms with van der Waals surface area (Å²) in [6, 6.07) is 16.7. The van der Waals surface area contributed by atoms with E-state index in [2.05, 4.69) is 27.9 Å². The van der Waals surface area contributed by atoms with Gasteiger partial charge >= 0.3 is 0 Å². The summed E-state index contributed by atoms with van der Waals surface area (Å²) >= 11 is 0. The van der Waals surface area contributed by atoms with Gasteiger partial charge in [-0.2, -0.15) is 0 Å². The topological polar surface area (TPSA) is 54.1 Å². The second-order valence-corrected chi connectivity index (χ2v) is 8.22. The van der Waals surface area contributed by atoms with Crippen LogP contribution in [0.4, 0.5) is 5.69 Å². The van der Waals surface area contributed by atoms with Crippen LogP contribution in [0.3, 0.4) is 0 Å². The molecule has 29 heavy (non-hydrogen) atoms. The summed E-state index contributed by atoms with van der Waals surface area (Å²) in [7, 11) is 2.27. The van der Waals surface area contributed by atoms with E-state index in [0.717, 1.165) is 54.8 Å². The van der Waals surface area contributed by atoms with E-state index in [-0.39, 0.29) is 0 Å². The fraction of sp³-hybridized carbons (Fsp3) is 0.458. The Morgan fingerprint density at radius 3 is 2.66 bits per heavy atom. The van der Waals surface area contributed by atoms with Crippen LogP contribution in [0.25, 0.3) is 0 Å². The molecule has 1 fully saturated rings. The Bertz CT molecular complexity index is 830. The third kappa shape index (κ3) is 5.10. The third-order valence-corrected chi connectivity index (χ3v) is 6.09. The molecule has 0 amide bonds. The van der Waals surface area contributed by atoms with Gasteiger partial charge in [0.05, 0.1) is 5.69 Å². The molecular weight excluding hydrogens is 360 g/mol. The first-order chi connectivity index (χ1) is 14.2. The smallest absolute Gasteiger partial charge is 0.196 e. The molecule has 1 heterocycles. The summed E-state index contributed by atoms with van der Waals surface area (Å²) in [4.78, 5) is 9.34. The van der Waals surface area contributed by atoms with Gasteiger partial charge in [-0.15, -0.1) is 0 Å². The molecule has 0 radical (unpaired) electrons. The molecule has 2 aliphatic rings. The summed E-state index contributed by atoms with van der Waals surface area (Å²) in [5.74, 6) is 2.30. The Labute approximate surface area is 174 Å². The molecule has 4 rings (SSSR count). The Hall–Kier alpha value is -2.53. The van der Waals surface area contributed by atoms with Crippen LogP contribution in [0.15, 0.2) is 53.5 Å². The fourth-order valence-electron chi connectivity index (χ4n) is 4.38. The molecule has 2 aromatic rings. The van der Waals surface area contributed by atoms with Gasteiger partial charge in [0.15, 0.2) is 5.96 Å². The number of benzene rings is 2. The molecule has 5 heteroatoms. The lowest BCUT2D eigenvalue weighted by molar-refractivity contribution is 0.184. The maximum Gasteiger partial charge on any atom is 0.196 e. The molecule has 0 atom stereocenters. The largest absolute Gasteiger partial charge is 0.457 e. The standard InChI is InChI=1S/C24H32N4O/c1-27(20-9-4-2-5-10-20)15-8-16-28-18-19-17-22(13-14-23(19)26-24(28)25)29-21-11-6-3-7-12-21/h3,6-7,11-14,17,20H,2,4-5,8-10,15-16,18H2,1H3,(H2,25,26). The first kappa shape index (κ1) is 19.8. The van der Waals surface area contributed by atoms with Crippen molar-refractivity contribution in [2.24, 2.45) is 10.7 Å². The molecule has 0 aromatic heterocycles. The zero-order valence-corrected chi connectivity index (χ0v) is 17.4. The Morgan fingerprint density at radius 1 is 1.07 bits per heavy atom. The van der Waals surface area contributed by atoms with E-state index in [4.69, 9.17) is 10.5 Å². The van der Waals surface area contributed by atoms with E-state index < -0.39 is 0 Å². The van der Waals surface area contributed by atoms with Gasteiger partial charge in [-0.05, 0) is 63.2 Å². The number of fused-ring (bicyclic) bond motifs is 1. The number of para-hydroxylation sites is 1. The van der Waals surface area contributed by atoms with Crippen LogP contribution in [-0.4, -0.2) is 41.9 Å². The van der Waals surface area contributed by atoms with E-state index >= 15 is 0 Å². The van der Waals surface area contributed by atoms with Crippen LogP contribution < -0.4 is 10.5 Å². The number of aliphatic imine (C=N–C) groups is 1. The second kappa shape index (κ2) is 9.31. The van der Waals surface area contributed by atoms with Crippen LogP contribution in [0.1, 0.15) is 44.1 Å². The van der Waals surface area contributed by atoms with Crippen LogP contribution in [-0.2, 0) is 6.54 Å². The highest BCUT2D eigenvalue weighted by Gasteiger charge is 2.20. The van der Waals surface area contributed by atoms with E-state index in [0.29, 0.717) is 5.96 Å². The maximum atomic E-state index is 6.25. The Balaban J connectivity index is 1.34. The molecule has 2 N–H and O–H groups in total. The van der Waals surface area contributed by atoms with Gasteiger partial charge in [0.1, 0.15) is 11.5 Å². The van der Waals surface area contributed by atoms with Gasteiger partial charge in [-0.1, -0.05) is 37.5 Å². The first-order valence-corrected chi connectivity index (χ1v) is 10.8. The summed E-state index contributed by atoms with van der Waals surface area (Å²) in [5.41, 5.74) is 8.35. The highest BCUT2D eigenvalue weighted by molar-refractivity contribution is 5.83. The van der Waals surface area contributed by atoms with Crippen molar-refractivity contribution in [1.82, 2.24) is 9.80 Å². The SMILES string of the molecule is CN(CCCN1Cc2cc(Oc3ccccc3)ccc2N=C1N)C1CCCCC1. The predicted molar refractivity (Wildman–Crippen MR) is 119 cm³/mol. The van der Waals surface area contributed by atoms with Crippen molar-refractivity contribution in [3.05, 3.63) is 54.1 Å². The second-order valence-electron chi connectivity index (χ2n) is 8.22. The van der Waals surface area contributed by atoms with E-state index in [1.54, 1.807) is 0 Å². The molecule has 5 nitrogen and oxygen atoms in total. The summed E-state index contributed by atoms with van der Waals surface area (Å²) < 4.78 is 5.98. The van der Waals surface area contributed by atoms with Crippen molar-refractivity contribution in [1.29, 1.82) is 0 Å². The van der Waals surface area contributed by atoms with Crippen LogP contribution in [0.2, 0.25) is 0 Å². The van der Waals surface area contributed by atoms with Crippen molar-refractivity contribution in [2.45, 2.75) is 51.1 Å². The number of guanidine groups is 1. The van der Waals surface area contributed by atoms with Crippen molar-refractivity contribution in [2.75, 3.05) is 20.1 Å². The molecule has 0 bridgehead atoms. The molecule has 0 spiro atoms. The summed E-state index contributed by atoms with van der Waals surface area (Å²) in [6.45, 7) is 2.82. The molecule has 0 saturated heterocycles. The Morgan fingerprint density at radius 2 is 1.86 bits per heavy atom. The number of hydrogen-bond donors (Lipinski definition) is 1. The summed E-state index contributed by atoms with van der Waals surface area (Å²) in [6.07, 6.45) is 7.96. The van der Waals surface area contributed by atoms with E-state index in [1.807, 2.05) is 42.5 Å². The molecule has 2 aromatic carbocycles. The zero-order chi connectivity index (χ0) is 20.1. The van der Waals surface area contributed by atoms with Gasteiger partial charge in [0.25, 0.3) is 0 Å². The van der Waals surface area contributed by atoms with Gasteiger partial charge in [-0.3, -0.25) is 0 Å². The molecule has 0 unspecified atom stereocenters. The van der Waals surface area contributed by atoms with E-state index in [1.165, 1.54) is 32.1 Å². The van der Waals surface area contributed by atoms with Crippen molar-refractivity contribution in [3.63, 3.8) is 0 Å².